The van der Waals surface area contributed by atoms with Gasteiger partial charge in [-0.15, -0.1) is 0 Å². The van der Waals surface area contributed by atoms with E-state index in [4.69, 9.17) is 21.4 Å². The highest BCUT2D eigenvalue weighted by Gasteiger charge is 2.15. The van der Waals surface area contributed by atoms with Gasteiger partial charge in [-0.25, -0.2) is 9.18 Å². The lowest BCUT2D eigenvalue weighted by molar-refractivity contribution is 0.0693. The molecule has 0 bridgehead atoms. The number of carbonyl (C=O) groups is 1. The number of nitrogens with zero attached hydrogens (tertiary/aromatic N) is 1. The fourth-order valence-electron chi connectivity index (χ4n) is 1.48. The van der Waals surface area contributed by atoms with E-state index in [2.05, 4.69) is 20.9 Å². The molecule has 1 N–H and O–H groups in total. The number of carboxylic acid groups (broad SMARTS) is 1. The predicted octanol–water partition coefficient (Wildman–Crippen LogP) is 4.44. The second-order valence-electron chi connectivity index (χ2n) is 3.93. The predicted molar refractivity (Wildman–Crippen MR) is 75.1 cm³/mol. The molecule has 0 saturated carbocycles. The van der Waals surface area contributed by atoms with Gasteiger partial charge in [0, 0.05) is 24.0 Å². The van der Waals surface area contributed by atoms with Crippen LogP contribution >= 0.6 is 27.5 Å². The summed E-state index contributed by atoms with van der Waals surface area (Å²) >= 11 is 8.81. The first-order valence-corrected chi connectivity index (χ1v) is 6.58. The zero-order valence-electron chi connectivity index (χ0n) is 10.2. The molecule has 0 fully saturated rings. The van der Waals surface area contributed by atoms with Crippen LogP contribution in [0.2, 0.25) is 5.02 Å². The molecule has 0 saturated heterocycles. The lowest BCUT2D eigenvalue weighted by Crippen LogP contribution is -2.02. The van der Waals surface area contributed by atoms with Crippen LogP contribution in [0.1, 0.15) is 16.1 Å². The SMILES string of the molecule is Cc1cc(Oc2cc(F)c(Cl)cc2Br)c(C(=O)O)cn1. The Kier molecular flexibility index (Phi) is 4.25. The maximum atomic E-state index is 13.4. The van der Waals surface area contributed by atoms with Gasteiger partial charge in [-0.05, 0) is 28.9 Å². The maximum Gasteiger partial charge on any atom is 0.341 e. The van der Waals surface area contributed by atoms with Crippen molar-refractivity contribution in [1.29, 1.82) is 0 Å². The van der Waals surface area contributed by atoms with E-state index in [0.29, 0.717) is 10.2 Å². The van der Waals surface area contributed by atoms with Crippen molar-refractivity contribution in [3.63, 3.8) is 0 Å². The fraction of sp³-hybridized carbons (Fsp3) is 0.0769. The Bertz CT molecular complexity index is 694. The van der Waals surface area contributed by atoms with Crippen LogP contribution in [0.5, 0.6) is 11.5 Å². The summed E-state index contributed by atoms with van der Waals surface area (Å²) in [7, 11) is 0. The molecule has 0 spiro atoms. The molecule has 104 valence electrons. The smallest absolute Gasteiger partial charge is 0.341 e. The number of ether oxygens (including phenoxy) is 1. The Balaban J connectivity index is 2.47. The fourth-order valence-corrected chi connectivity index (χ4v) is 2.20. The number of benzene rings is 1. The van der Waals surface area contributed by atoms with Gasteiger partial charge in [0.05, 0.1) is 9.50 Å². The van der Waals surface area contributed by atoms with Crippen LogP contribution in [0.4, 0.5) is 4.39 Å². The van der Waals surface area contributed by atoms with E-state index in [1.807, 2.05) is 0 Å². The van der Waals surface area contributed by atoms with Crippen LogP contribution in [0.15, 0.2) is 28.9 Å². The van der Waals surface area contributed by atoms with Crippen LogP contribution in [0.3, 0.4) is 0 Å². The van der Waals surface area contributed by atoms with Gasteiger partial charge >= 0.3 is 5.97 Å². The third-order valence-electron chi connectivity index (χ3n) is 2.43. The van der Waals surface area contributed by atoms with Crippen molar-refractivity contribution in [2.75, 3.05) is 0 Å². The van der Waals surface area contributed by atoms with E-state index in [0.717, 1.165) is 6.07 Å². The van der Waals surface area contributed by atoms with Gasteiger partial charge in [0.1, 0.15) is 22.9 Å². The second kappa shape index (κ2) is 5.76. The molecule has 0 unspecified atom stereocenters. The number of halogens is 3. The van der Waals surface area contributed by atoms with E-state index < -0.39 is 11.8 Å². The number of pyridine rings is 1. The number of aryl methyl sites for hydroxylation is 1. The molecule has 1 aromatic heterocycles. The average molecular weight is 361 g/mol. The summed E-state index contributed by atoms with van der Waals surface area (Å²) in [5.74, 6) is -1.64. The van der Waals surface area contributed by atoms with Crippen molar-refractivity contribution >= 4 is 33.5 Å². The Morgan fingerprint density at radius 1 is 1.40 bits per heavy atom. The van der Waals surface area contributed by atoms with Crippen LogP contribution in [0.25, 0.3) is 0 Å². The molecule has 1 heterocycles. The van der Waals surface area contributed by atoms with Crippen LogP contribution in [0, 0.1) is 12.7 Å². The summed E-state index contributed by atoms with van der Waals surface area (Å²) in [4.78, 5) is 15.0. The molecule has 20 heavy (non-hydrogen) atoms. The minimum Gasteiger partial charge on any atom is -0.477 e. The third-order valence-corrected chi connectivity index (χ3v) is 3.34. The van der Waals surface area contributed by atoms with Gasteiger partial charge in [-0.1, -0.05) is 11.6 Å². The van der Waals surface area contributed by atoms with Gasteiger partial charge in [-0.3, -0.25) is 4.98 Å². The van der Waals surface area contributed by atoms with E-state index in [9.17, 15) is 9.18 Å². The van der Waals surface area contributed by atoms with Crippen LogP contribution < -0.4 is 4.74 Å². The van der Waals surface area contributed by atoms with Gasteiger partial charge in [0.2, 0.25) is 0 Å². The lowest BCUT2D eigenvalue weighted by atomic mass is 10.2. The minimum absolute atomic E-state index is 0.0615. The maximum absolute atomic E-state index is 13.4. The second-order valence-corrected chi connectivity index (χ2v) is 5.19. The quantitative estimate of drug-likeness (QED) is 0.822. The first-order valence-electron chi connectivity index (χ1n) is 5.41. The molecule has 1 aromatic carbocycles. The molecule has 0 atom stereocenters. The highest BCUT2D eigenvalue weighted by molar-refractivity contribution is 9.10. The molecule has 2 rings (SSSR count). The third kappa shape index (κ3) is 3.08. The number of carboxylic acids is 1. The number of aromatic nitrogens is 1. The van der Waals surface area contributed by atoms with E-state index in [1.54, 1.807) is 6.92 Å². The van der Waals surface area contributed by atoms with Crippen molar-refractivity contribution in [3.8, 4) is 11.5 Å². The summed E-state index contributed by atoms with van der Waals surface area (Å²) in [5.41, 5.74) is 0.466. The molecule has 7 heteroatoms. The molecule has 4 nitrogen and oxygen atoms in total. The van der Waals surface area contributed by atoms with Crippen molar-refractivity contribution in [2.24, 2.45) is 0 Å². The number of hydrogen-bond acceptors (Lipinski definition) is 3. The minimum atomic E-state index is -1.18. The number of aromatic carboxylic acids is 1. The summed E-state index contributed by atoms with van der Waals surface area (Å²) in [5, 5.41) is 9.01. The van der Waals surface area contributed by atoms with Crippen molar-refractivity contribution in [1.82, 2.24) is 4.98 Å². The van der Waals surface area contributed by atoms with E-state index in [1.165, 1.54) is 18.3 Å². The van der Waals surface area contributed by atoms with Crippen LogP contribution in [-0.2, 0) is 0 Å². The Morgan fingerprint density at radius 3 is 2.75 bits per heavy atom. The molecule has 0 aliphatic heterocycles. The standard InChI is InChI=1S/C13H8BrClFNO3/c1-6-2-11(7(5-17-6)13(18)19)20-12-4-10(16)9(15)3-8(12)14/h2-5H,1H3,(H,18,19). The zero-order chi connectivity index (χ0) is 14.9. The van der Waals surface area contributed by atoms with E-state index in [-0.39, 0.29) is 22.1 Å². The topological polar surface area (TPSA) is 59.4 Å². The Hall–Kier alpha value is -1.66. The lowest BCUT2D eigenvalue weighted by Gasteiger charge is -2.11. The summed E-state index contributed by atoms with van der Waals surface area (Å²) in [6.07, 6.45) is 1.19. The first-order chi connectivity index (χ1) is 9.38. The monoisotopic (exact) mass is 359 g/mol. The molecule has 2 aromatic rings. The molecule has 0 radical (unpaired) electrons. The molecular formula is C13H8BrClFNO3. The van der Waals surface area contributed by atoms with Gasteiger partial charge < -0.3 is 9.84 Å². The average Bonchev–Trinajstić information content (AvgIpc) is 2.35. The van der Waals surface area contributed by atoms with Gasteiger partial charge in [0.15, 0.2) is 0 Å². The Morgan fingerprint density at radius 2 is 2.10 bits per heavy atom. The summed E-state index contributed by atoms with van der Waals surface area (Å²) in [6.45, 7) is 1.69. The normalized spacial score (nSPS) is 10.4. The van der Waals surface area contributed by atoms with Gasteiger partial charge in [-0.2, -0.15) is 0 Å². The first kappa shape index (κ1) is 14.7. The largest absolute Gasteiger partial charge is 0.477 e. The van der Waals surface area contributed by atoms with Crippen molar-refractivity contribution in [3.05, 3.63) is 51.0 Å². The number of hydrogen-bond donors (Lipinski definition) is 1. The molecule has 0 aliphatic carbocycles. The molecule has 0 aliphatic rings. The van der Waals surface area contributed by atoms with Gasteiger partial charge in [0.25, 0.3) is 0 Å². The van der Waals surface area contributed by atoms with Crippen molar-refractivity contribution < 1.29 is 19.0 Å². The zero-order valence-corrected chi connectivity index (χ0v) is 12.5. The number of rotatable bonds is 3. The molecule has 0 amide bonds. The van der Waals surface area contributed by atoms with Crippen LogP contribution in [-0.4, -0.2) is 16.1 Å². The van der Waals surface area contributed by atoms with E-state index >= 15 is 0 Å². The summed E-state index contributed by atoms with van der Waals surface area (Å²) < 4.78 is 19.3. The highest BCUT2D eigenvalue weighted by Crippen LogP contribution is 2.35. The van der Waals surface area contributed by atoms with Crippen molar-refractivity contribution in [2.45, 2.75) is 6.92 Å². The molecular weight excluding hydrogens is 353 g/mol. The highest BCUT2D eigenvalue weighted by atomic mass is 79.9. The summed E-state index contributed by atoms with van der Waals surface area (Å²) in [6, 6.07) is 3.87. The Labute approximate surface area is 127 Å².